The van der Waals surface area contributed by atoms with Gasteiger partial charge >= 0.3 is 0 Å². The maximum Gasteiger partial charge on any atom is 0.238 e. The zero-order chi connectivity index (χ0) is 16.2. The number of para-hydroxylation sites is 1. The minimum absolute atomic E-state index is 0.0328. The number of benzene rings is 1. The molecule has 2 heterocycles. The summed E-state index contributed by atoms with van der Waals surface area (Å²) in [5.74, 6) is 0.540. The van der Waals surface area contributed by atoms with E-state index in [2.05, 4.69) is 15.4 Å². The quantitative estimate of drug-likeness (QED) is 0.782. The Morgan fingerprint density at radius 1 is 1.30 bits per heavy atom. The van der Waals surface area contributed by atoms with Gasteiger partial charge in [0.1, 0.15) is 0 Å². The molecule has 3 rings (SSSR count). The molecule has 0 aliphatic carbocycles. The minimum Gasteiger partial charge on any atom is -0.308 e. The number of aromatic nitrogens is 3. The van der Waals surface area contributed by atoms with Crippen LogP contribution in [0.3, 0.4) is 0 Å². The molecule has 1 N–H and O–H groups in total. The fraction of sp³-hybridized carbons (Fsp3) is 0.235. The van der Waals surface area contributed by atoms with Crippen LogP contribution in [0.25, 0.3) is 10.9 Å². The number of hydrogen-bond donors (Lipinski definition) is 1. The zero-order valence-electron chi connectivity index (χ0n) is 13.1. The molecule has 1 aromatic carbocycles. The van der Waals surface area contributed by atoms with Gasteiger partial charge < -0.3 is 5.32 Å². The Bertz CT molecular complexity index is 825. The number of amides is 1. The van der Waals surface area contributed by atoms with Crippen molar-refractivity contribution in [1.29, 1.82) is 0 Å². The molecule has 1 atom stereocenters. The van der Waals surface area contributed by atoms with Crippen LogP contribution in [0.4, 0.5) is 5.82 Å². The number of carbonyl (C=O) groups excluding carboxylic acids is 1. The second-order valence-corrected chi connectivity index (χ2v) is 6.44. The van der Waals surface area contributed by atoms with Crippen LogP contribution < -0.4 is 5.32 Å². The average molecular weight is 326 g/mol. The Labute approximate surface area is 139 Å². The summed E-state index contributed by atoms with van der Waals surface area (Å²) in [6.45, 7) is 2.49. The van der Waals surface area contributed by atoms with Crippen molar-refractivity contribution in [3.05, 3.63) is 54.4 Å². The predicted octanol–water partition coefficient (Wildman–Crippen LogP) is 3.17. The standard InChI is InChI=1S/C17H18N4OS/c1-12(23-2)17(22)19-15-8-10-21(20-15)11-14-6-3-5-13-7-4-9-18-16(13)14/h3-10,12H,11H2,1-2H3,(H,19,20,22). The summed E-state index contributed by atoms with van der Waals surface area (Å²) < 4.78 is 1.81. The van der Waals surface area contributed by atoms with E-state index in [-0.39, 0.29) is 11.2 Å². The lowest BCUT2D eigenvalue weighted by Gasteiger charge is -2.07. The lowest BCUT2D eigenvalue weighted by atomic mass is 10.1. The Balaban J connectivity index is 1.77. The van der Waals surface area contributed by atoms with Gasteiger partial charge in [-0.2, -0.15) is 16.9 Å². The molecule has 1 unspecified atom stereocenters. The molecular weight excluding hydrogens is 308 g/mol. The van der Waals surface area contributed by atoms with Crippen LogP contribution in [-0.4, -0.2) is 32.2 Å². The predicted molar refractivity (Wildman–Crippen MR) is 94.7 cm³/mol. The molecule has 5 nitrogen and oxygen atoms in total. The molecule has 0 bridgehead atoms. The summed E-state index contributed by atoms with van der Waals surface area (Å²) in [7, 11) is 0. The maximum atomic E-state index is 11.9. The van der Waals surface area contributed by atoms with Gasteiger partial charge in [0.25, 0.3) is 0 Å². The second-order valence-electron chi connectivity index (χ2n) is 5.26. The highest BCUT2D eigenvalue weighted by Gasteiger charge is 2.12. The number of carbonyl (C=O) groups is 1. The van der Waals surface area contributed by atoms with Crippen molar-refractivity contribution in [2.24, 2.45) is 0 Å². The van der Waals surface area contributed by atoms with E-state index >= 15 is 0 Å². The van der Waals surface area contributed by atoms with Crippen molar-refractivity contribution in [3.8, 4) is 0 Å². The molecule has 23 heavy (non-hydrogen) atoms. The first kappa shape index (κ1) is 15.6. The summed E-state index contributed by atoms with van der Waals surface area (Å²) >= 11 is 1.51. The highest BCUT2D eigenvalue weighted by atomic mass is 32.2. The van der Waals surface area contributed by atoms with Crippen LogP contribution in [0.5, 0.6) is 0 Å². The Kier molecular flexibility index (Phi) is 4.62. The number of fused-ring (bicyclic) bond motifs is 1. The SMILES string of the molecule is CSC(C)C(=O)Nc1ccn(Cc2cccc3cccnc23)n1. The van der Waals surface area contributed by atoms with Crippen LogP contribution in [0.2, 0.25) is 0 Å². The molecule has 0 spiro atoms. The molecule has 6 heteroatoms. The number of thioether (sulfide) groups is 1. The van der Waals surface area contributed by atoms with Crippen molar-refractivity contribution in [1.82, 2.24) is 14.8 Å². The van der Waals surface area contributed by atoms with E-state index in [0.717, 1.165) is 16.5 Å². The van der Waals surface area contributed by atoms with Crippen molar-refractivity contribution < 1.29 is 4.79 Å². The highest BCUT2D eigenvalue weighted by Crippen LogP contribution is 2.17. The fourth-order valence-electron chi connectivity index (χ4n) is 2.32. The molecule has 0 saturated heterocycles. The van der Waals surface area contributed by atoms with Gasteiger partial charge in [-0.25, -0.2) is 0 Å². The van der Waals surface area contributed by atoms with Crippen molar-refractivity contribution in [3.63, 3.8) is 0 Å². The molecule has 3 aromatic rings. The Hall–Kier alpha value is -2.34. The van der Waals surface area contributed by atoms with E-state index in [1.807, 2.05) is 60.5 Å². The van der Waals surface area contributed by atoms with E-state index < -0.39 is 0 Å². The third kappa shape index (κ3) is 3.53. The van der Waals surface area contributed by atoms with Crippen LogP contribution in [0.1, 0.15) is 12.5 Å². The van der Waals surface area contributed by atoms with Gasteiger partial charge in [0, 0.05) is 23.8 Å². The monoisotopic (exact) mass is 326 g/mol. The number of anilines is 1. The van der Waals surface area contributed by atoms with Crippen molar-refractivity contribution >= 4 is 34.4 Å². The summed E-state index contributed by atoms with van der Waals surface area (Å²) in [5, 5.41) is 8.26. The van der Waals surface area contributed by atoms with Crippen LogP contribution in [-0.2, 0) is 11.3 Å². The summed E-state index contributed by atoms with van der Waals surface area (Å²) in [6.07, 6.45) is 5.57. The van der Waals surface area contributed by atoms with Crippen LogP contribution in [0, 0.1) is 0 Å². The molecular formula is C17H18N4OS. The summed E-state index contributed by atoms with van der Waals surface area (Å²) in [4.78, 5) is 16.3. The van der Waals surface area contributed by atoms with E-state index in [0.29, 0.717) is 12.4 Å². The topological polar surface area (TPSA) is 59.8 Å². The average Bonchev–Trinajstić information content (AvgIpc) is 3.01. The number of nitrogens with one attached hydrogen (secondary N) is 1. The molecule has 0 radical (unpaired) electrons. The first-order chi connectivity index (χ1) is 11.2. The first-order valence-corrected chi connectivity index (χ1v) is 8.66. The largest absolute Gasteiger partial charge is 0.308 e. The molecule has 0 aliphatic heterocycles. The lowest BCUT2D eigenvalue weighted by Crippen LogP contribution is -2.22. The van der Waals surface area contributed by atoms with Gasteiger partial charge in [-0.15, -0.1) is 0 Å². The number of nitrogens with zero attached hydrogens (tertiary/aromatic N) is 3. The maximum absolute atomic E-state index is 11.9. The smallest absolute Gasteiger partial charge is 0.238 e. The van der Waals surface area contributed by atoms with E-state index in [1.54, 1.807) is 6.20 Å². The molecule has 118 valence electrons. The normalized spacial score (nSPS) is 12.3. The zero-order valence-corrected chi connectivity index (χ0v) is 13.9. The molecule has 1 amide bonds. The Morgan fingerprint density at radius 3 is 2.96 bits per heavy atom. The van der Waals surface area contributed by atoms with Gasteiger partial charge in [0.2, 0.25) is 5.91 Å². The van der Waals surface area contributed by atoms with E-state index in [1.165, 1.54) is 11.8 Å². The highest BCUT2D eigenvalue weighted by molar-refractivity contribution is 7.99. The van der Waals surface area contributed by atoms with Crippen LogP contribution in [0.15, 0.2) is 48.8 Å². The summed E-state index contributed by atoms with van der Waals surface area (Å²) in [5.41, 5.74) is 2.08. The third-order valence-corrected chi connectivity index (χ3v) is 4.58. The first-order valence-electron chi connectivity index (χ1n) is 7.37. The number of rotatable bonds is 5. The van der Waals surface area contributed by atoms with Gasteiger partial charge in [-0.1, -0.05) is 24.3 Å². The van der Waals surface area contributed by atoms with E-state index in [4.69, 9.17) is 0 Å². The van der Waals surface area contributed by atoms with Gasteiger partial charge in [0.15, 0.2) is 5.82 Å². The number of hydrogen-bond acceptors (Lipinski definition) is 4. The van der Waals surface area contributed by atoms with Crippen molar-refractivity contribution in [2.75, 3.05) is 11.6 Å². The van der Waals surface area contributed by atoms with Gasteiger partial charge in [-0.3, -0.25) is 14.5 Å². The third-order valence-electron chi connectivity index (χ3n) is 3.66. The van der Waals surface area contributed by atoms with Crippen LogP contribution >= 0.6 is 11.8 Å². The second kappa shape index (κ2) is 6.83. The lowest BCUT2D eigenvalue weighted by molar-refractivity contribution is -0.115. The molecule has 0 saturated carbocycles. The van der Waals surface area contributed by atoms with Crippen molar-refractivity contribution in [2.45, 2.75) is 18.7 Å². The molecule has 2 aromatic heterocycles. The van der Waals surface area contributed by atoms with Gasteiger partial charge in [0.05, 0.1) is 17.3 Å². The molecule has 0 aliphatic rings. The minimum atomic E-state index is -0.0950. The summed E-state index contributed by atoms with van der Waals surface area (Å²) in [6, 6.07) is 11.9. The molecule has 0 fully saturated rings. The Morgan fingerprint density at radius 2 is 2.13 bits per heavy atom. The van der Waals surface area contributed by atoms with E-state index in [9.17, 15) is 4.79 Å². The number of pyridine rings is 1. The van der Waals surface area contributed by atoms with Gasteiger partial charge in [-0.05, 0) is 24.8 Å². The fourth-order valence-corrected chi connectivity index (χ4v) is 2.59.